The van der Waals surface area contributed by atoms with Gasteiger partial charge in [-0.15, -0.1) is 0 Å². The maximum absolute atomic E-state index is 3.22. The van der Waals surface area contributed by atoms with E-state index in [0.717, 1.165) is 0 Å². The summed E-state index contributed by atoms with van der Waals surface area (Å²) in [5.74, 6) is 0.291. The number of nitrogens with one attached hydrogen (secondary N) is 1. The van der Waals surface area contributed by atoms with Gasteiger partial charge in [0.1, 0.15) is 0 Å². The maximum atomic E-state index is 3.22. The topological polar surface area (TPSA) is 12.0 Å². The molecule has 1 aliphatic rings. The molecule has 0 bridgehead atoms. The molecule has 27 heavy (non-hydrogen) atoms. The molecule has 0 unspecified atom stereocenters. The first-order valence-corrected chi connectivity index (χ1v) is 10.0. The molecule has 1 nitrogen and oxygen atoms in total. The van der Waals surface area contributed by atoms with E-state index in [1.165, 1.54) is 59.3 Å². The molecule has 0 aliphatic carbocycles. The van der Waals surface area contributed by atoms with E-state index in [9.17, 15) is 0 Å². The van der Waals surface area contributed by atoms with Crippen LogP contribution in [0.1, 0.15) is 52.1 Å². The van der Waals surface area contributed by atoms with E-state index >= 15 is 0 Å². The molecule has 4 rings (SSSR count). The number of hydrogen-bond acceptors (Lipinski definition) is 1. The molecule has 3 aromatic carbocycles. The Bertz CT molecular complexity index is 746. The molecule has 1 saturated heterocycles. The molecule has 0 amide bonds. The van der Waals surface area contributed by atoms with Gasteiger partial charge in [-0.3, -0.25) is 0 Å². The lowest BCUT2D eigenvalue weighted by molar-refractivity contribution is 0.857. The summed E-state index contributed by atoms with van der Waals surface area (Å²) in [6.45, 7) is 8.98. The summed E-state index contributed by atoms with van der Waals surface area (Å²) in [6, 6.07) is 26.6. The second-order valence-corrected chi connectivity index (χ2v) is 7.63. The van der Waals surface area contributed by atoms with Crippen molar-refractivity contribution in [2.75, 3.05) is 13.1 Å². The molecule has 3 aromatic rings. The highest BCUT2D eigenvalue weighted by molar-refractivity contribution is 5.45. The minimum Gasteiger partial charge on any atom is -0.317 e. The normalized spacial score (nSPS) is 13.3. The van der Waals surface area contributed by atoms with Crippen LogP contribution in [0.3, 0.4) is 0 Å². The van der Waals surface area contributed by atoms with E-state index in [4.69, 9.17) is 0 Å². The predicted octanol–water partition coefficient (Wildman–Crippen LogP) is 6.16. The number of benzene rings is 3. The van der Waals surface area contributed by atoms with Crippen molar-refractivity contribution in [3.05, 3.63) is 106 Å². The second-order valence-electron chi connectivity index (χ2n) is 7.63. The quantitative estimate of drug-likeness (QED) is 0.553. The van der Waals surface area contributed by atoms with Crippen molar-refractivity contribution in [3.8, 4) is 0 Å². The predicted molar refractivity (Wildman–Crippen MR) is 117 cm³/mol. The minimum absolute atomic E-state index is 0.291. The molecule has 1 N–H and O–H groups in total. The van der Waals surface area contributed by atoms with Crippen LogP contribution in [0.25, 0.3) is 0 Å². The van der Waals surface area contributed by atoms with Crippen LogP contribution in [0.15, 0.2) is 72.8 Å². The summed E-state index contributed by atoms with van der Waals surface area (Å²) in [7, 11) is 0. The Morgan fingerprint density at radius 3 is 1.22 bits per heavy atom. The SMILES string of the molecule is C1CCNC1.Cc1cccc(C(c2cccc(C)c2)c2cccc(C)c2)c1. The third-order valence-corrected chi connectivity index (χ3v) is 5.08. The van der Waals surface area contributed by atoms with Crippen molar-refractivity contribution in [3.63, 3.8) is 0 Å². The molecule has 0 atom stereocenters. The Kier molecular flexibility index (Phi) is 6.84. The standard InChI is InChI=1S/C22H22.C4H9N/c1-16-7-4-10-19(13-16)22(20-11-5-8-17(2)14-20)21-12-6-9-18(3)15-21;1-2-4-5-3-1/h4-15,22H,1-3H3;5H,1-4H2. The zero-order chi connectivity index (χ0) is 19.1. The van der Waals surface area contributed by atoms with E-state index in [2.05, 4.69) is 98.9 Å². The van der Waals surface area contributed by atoms with Crippen molar-refractivity contribution in [2.24, 2.45) is 0 Å². The summed E-state index contributed by atoms with van der Waals surface area (Å²) < 4.78 is 0. The van der Waals surface area contributed by atoms with Gasteiger partial charge in [-0.25, -0.2) is 0 Å². The first kappa shape index (κ1) is 19.4. The fourth-order valence-corrected chi connectivity index (χ4v) is 3.75. The van der Waals surface area contributed by atoms with Gasteiger partial charge in [-0.05, 0) is 63.4 Å². The van der Waals surface area contributed by atoms with E-state index in [0.29, 0.717) is 5.92 Å². The molecule has 0 spiro atoms. The largest absolute Gasteiger partial charge is 0.317 e. The van der Waals surface area contributed by atoms with Gasteiger partial charge >= 0.3 is 0 Å². The Hall–Kier alpha value is -2.38. The van der Waals surface area contributed by atoms with Gasteiger partial charge in [0.25, 0.3) is 0 Å². The summed E-state index contributed by atoms with van der Waals surface area (Å²) in [6.07, 6.45) is 2.78. The monoisotopic (exact) mass is 357 g/mol. The Morgan fingerprint density at radius 1 is 0.593 bits per heavy atom. The Morgan fingerprint density at radius 2 is 0.963 bits per heavy atom. The zero-order valence-corrected chi connectivity index (χ0v) is 16.8. The van der Waals surface area contributed by atoms with Gasteiger partial charge in [-0.1, -0.05) is 89.5 Å². The first-order valence-electron chi connectivity index (χ1n) is 10.0. The van der Waals surface area contributed by atoms with Crippen LogP contribution >= 0.6 is 0 Å². The molecule has 1 aliphatic heterocycles. The van der Waals surface area contributed by atoms with E-state index in [1.807, 2.05) is 0 Å². The van der Waals surface area contributed by atoms with Crippen LogP contribution in [0.4, 0.5) is 0 Å². The van der Waals surface area contributed by atoms with Gasteiger partial charge < -0.3 is 5.32 Å². The smallest absolute Gasteiger partial charge is 0.0340 e. The molecular formula is C26H31N. The van der Waals surface area contributed by atoms with E-state index in [1.54, 1.807) is 0 Å². The third kappa shape index (κ3) is 5.55. The molecule has 1 fully saturated rings. The van der Waals surface area contributed by atoms with Crippen molar-refractivity contribution in [1.29, 1.82) is 0 Å². The summed E-state index contributed by atoms with van der Waals surface area (Å²) in [5.41, 5.74) is 8.00. The highest BCUT2D eigenvalue weighted by atomic mass is 14.9. The summed E-state index contributed by atoms with van der Waals surface area (Å²) >= 11 is 0. The summed E-state index contributed by atoms with van der Waals surface area (Å²) in [4.78, 5) is 0. The molecule has 0 radical (unpaired) electrons. The van der Waals surface area contributed by atoms with E-state index < -0.39 is 0 Å². The van der Waals surface area contributed by atoms with Gasteiger partial charge in [0.15, 0.2) is 0 Å². The number of aryl methyl sites for hydroxylation is 3. The first-order chi connectivity index (χ1) is 13.1. The molecule has 1 heteroatoms. The Labute approximate surface area is 164 Å². The van der Waals surface area contributed by atoms with Crippen LogP contribution in [0, 0.1) is 20.8 Å². The van der Waals surface area contributed by atoms with Crippen molar-refractivity contribution >= 4 is 0 Å². The van der Waals surface area contributed by atoms with Crippen LogP contribution < -0.4 is 5.32 Å². The average molecular weight is 358 g/mol. The Balaban J connectivity index is 0.000000364. The van der Waals surface area contributed by atoms with Crippen molar-refractivity contribution in [2.45, 2.75) is 39.5 Å². The van der Waals surface area contributed by atoms with Crippen molar-refractivity contribution in [1.82, 2.24) is 5.32 Å². The average Bonchev–Trinajstić information content (AvgIpc) is 3.22. The van der Waals surface area contributed by atoms with E-state index in [-0.39, 0.29) is 0 Å². The minimum atomic E-state index is 0.291. The second kappa shape index (κ2) is 9.53. The third-order valence-electron chi connectivity index (χ3n) is 5.08. The van der Waals surface area contributed by atoms with Crippen molar-refractivity contribution < 1.29 is 0 Å². The lowest BCUT2D eigenvalue weighted by Crippen LogP contribution is -2.04. The summed E-state index contributed by atoms with van der Waals surface area (Å²) in [5, 5.41) is 3.22. The number of hydrogen-bond donors (Lipinski definition) is 1. The lowest BCUT2D eigenvalue weighted by atomic mass is 9.83. The highest BCUT2D eigenvalue weighted by Gasteiger charge is 2.17. The maximum Gasteiger partial charge on any atom is 0.0340 e. The molecule has 0 aromatic heterocycles. The lowest BCUT2D eigenvalue weighted by Gasteiger charge is -2.20. The highest BCUT2D eigenvalue weighted by Crippen LogP contribution is 2.33. The number of rotatable bonds is 3. The van der Waals surface area contributed by atoms with Gasteiger partial charge in [0.05, 0.1) is 0 Å². The van der Waals surface area contributed by atoms with Crippen LogP contribution in [0.2, 0.25) is 0 Å². The molecule has 140 valence electrons. The molecule has 1 heterocycles. The zero-order valence-electron chi connectivity index (χ0n) is 16.8. The van der Waals surface area contributed by atoms with Crippen LogP contribution in [-0.2, 0) is 0 Å². The van der Waals surface area contributed by atoms with Gasteiger partial charge in [-0.2, -0.15) is 0 Å². The molecule has 0 saturated carbocycles. The fourth-order valence-electron chi connectivity index (χ4n) is 3.75. The van der Waals surface area contributed by atoms with Crippen LogP contribution in [0.5, 0.6) is 0 Å². The van der Waals surface area contributed by atoms with Gasteiger partial charge in [0, 0.05) is 5.92 Å². The van der Waals surface area contributed by atoms with Gasteiger partial charge in [0.2, 0.25) is 0 Å². The fraction of sp³-hybridized carbons (Fsp3) is 0.308. The van der Waals surface area contributed by atoms with Crippen LogP contribution in [-0.4, -0.2) is 13.1 Å². The molecular weight excluding hydrogens is 326 g/mol.